The smallest absolute Gasteiger partial charge is 0.0682 e. The van der Waals surface area contributed by atoms with Crippen LogP contribution in [0.25, 0.3) is 0 Å². The summed E-state index contributed by atoms with van der Waals surface area (Å²) in [5.41, 5.74) is 0. The Labute approximate surface area is 102 Å². The van der Waals surface area contributed by atoms with Gasteiger partial charge in [0.25, 0.3) is 0 Å². The second-order valence-electron chi connectivity index (χ2n) is 4.69. The van der Waals surface area contributed by atoms with E-state index in [2.05, 4.69) is 39.2 Å². The molecule has 0 fully saturated rings. The fraction of sp³-hybridized carbons (Fsp3) is 1.00. The Balaban J connectivity index is 3.89. The topological polar surface area (TPSA) is 0 Å². The van der Waals surface area contributed by atoms with Crippen LogP contribution in [0.2, 0.25) is 0 Å². The fourth-order valence-electron chi connectivity index (χ4n) is 1.84. The maximum absolute atomic E-state index is 2.62. The molecule has 0 saturated carbocycles. The zero-order valence-corrected chi connectivity index (χ0v) is 12.9. The Kier molecular flexibility index (Phi) is 10.5. The van der Waals surface area contributed by atoms with E-state index >= 15 is 0 Å². The lowest BCUT2D eigenvalue weighted by Crippen LogP contribution is -2.09. The number of unbranched alkanes of at least 4 members (excludes halogenated alkanes) is 2. The Bertz CT molecular complexity index is 128. The van der Waals surface area contributed by atoms with Crippen molar-refractivity contribution in [1.82, 2.24) is 0 Å². The molecule has 0 aromatic carbocycles. The van der Waals surface area contributed by atoms with Gasteiger partial charge in [0.1, 0.15) is 0 Å². The van der Waals surface area contributed by atoms with Crippen molar-refractivity contribution in [3.05, 3.63) is 0 Å². The number of hydrogen-bond donors (Lipinski definition) is 0. The molecule has 0 amide bonds. The lowest BCUT2D eigenvalue weighted by molar-refractivity contribution is 0.860. The SMILES string of the molecule is CCCC[P+](C)(CCCC)CCSCC. The minimum atomic E-state index is -0.553. The van der Waals surface area contributed by atoms with Crippen molar-refractivity contribution in [3.8, 4) is 0 Å². The van der Waals surface area contributed by atoms with Crippen LogP contribution in [0.5, 0.6) is 0 Å². The summed E-state index contributed by atoms with van der Waals surface area (Å²) >= 11 is 2.13. The minimum absolute atomic E-state index is 0.553. The summed E-state index contributed by atoms with van der Waals surface area (Å²) in [6, 6.07) is 0. The molecule has 0 bridgehead atoms. The van der Waals surface area contributed by atoms with Crippen LogP contribution in [0.15, 0.2) is 0 Å². The second-order valence-corrected chi connectivity index (χ2v) is 10.7. The third-order valence-corrected chi connectivity index (χ3v) is 8.38. The van der Waals surface area contributed by atoms with Gasteiger partial charge in [0.2, 0.25) is 0 Å². The van der Waals surface area contributed by atoms with Crippen molar-refractivity contribution >= 4 is 19.0 Å². The predicted molar refractivity (Wildman–Crippen MR) is 80.3 cm³/mol. The van der Waals surface area contributed by atoms with Crippen molar-refractivity contribution in [2.45, 2.75) is 46.5 Å². The number of thioether (sulfide) groups is 1. The van der Waals surface area contributed by atoms with Crippen molar-refractivity contribution < 1.29 is 0 Å². The van der Waals surface area contributed by atoms with E-state index in [1.807, 2.05) is 0 Å². The quantitative estimate of drug-likeness (QED) is 0.388. The van der Waals surface area contributed by atoms with E-state index in [9.17, 15) is 0 Å². The van der Waals surface area contributed by atoms with Gasteiger partial charge in [0.15, 0.2) is 0 Å². The van der Waals surface area contributed by atoms with Gasteiger partial charge in [0.05, 0.1) is 18.5 Å². The lowest BCUT2D eigenvalue weighted by Gasteiger charge is -2.23. The van der Waals surface area contributed by atoms with E-state index in [1.54, 1.807) is 12.3 Å². The zero-order chi connectivity index (χ0) is 11.6. The van der Waals surface area contributed by atoms with Gasteiger partial charge in [-0.2, -0.15) is 11.8 Å². The number of rotatable bonds is 10. The molecular weight excluding hydrogens is 219 g/mol. The maximum atomic E-state index is 2.62. The van der Waals surface area contributed by atoms with Gasteiger partial charge in [-0.1, -0.05) is 33.6 Å². The third kappa shape index (κ3) is 8.57. The summed E-state index contributed by atoms with van der Waals surface area (Å²) in [6.45, 7) is 9.54. The molecule has 0 aliphatic rings. The molecule has 92 valence electrons. The van der Waals surface area contributed by atoms with Gasteiger partial charge < -0.3 is 0 Å². The predicted octanol–water partition coefficient (Wildman–Crippen LogP) is 4.99. The lowest BCUT2D eigenvalue weighted by atomic mass is 10.4. The highest BCUT2D eigenvalue weighted by atomic mass is 32.2. The normalized spacial score (nSPS) is 12.0. The van der Waals surface area contributed by atoms with Crippen molar-refractivity contribution in [2.75, 3.05) is 36.7 Å². The van der Waals surface area contributed by atoms with E-state index in [4.69, 9.17) is 0 Å². The van der Waals surface area contributed by atoms with Gasteiger partial charge in [-0.25, -0.2) is 0 Å². The first-order valence-electron chi connectivity index (χ1n) is 6.59. The largest absolute Gasteiger partial charge is 0.159 e. The average molecular weight is 249 g/mol. The van der Waals surface area contributed by atoms with Crippen LogP contribution < -0.4 is 0 Å². The minimum Gasteiger partial charge on any atom is -0.159 e. The maximum Gasteiger partial charge on any atom is 0.0682 e. The van der Waals surface area contributed by atoms with E-state index in [0.717, 1.165) is 0 Å². The molecule has 2 heteroatoms. The third-order valence-electron chi connectivity index (χ3n) is 3.08. The molecule has 0 unspecified atom stereocenters. The van der Waals surface area contributed by atoms with Crippen LogP contribution in [0.3, 0.4) is 0 Å². The fourth-order valence-corrected chi connectivity index (χ4v) is 7.24. The molecular formula is C13H30PS+. The van der Waals surface area contributed by atoms with Crippen LogP contribution in [0.1, 0.15) is 46.5 Å². The van der Waals surface area contributed by atoms with E-state index in [-0.39, 0.29) is 0 Å². The Hall–Kier alpha value is 0.780. The molecule has 0 aromatic rings. The summed E-state index contributed by atoms with van der Waals surface area (Å²) in [4.78, 5) is 0. The average Bonchev–Trinajstić information content (AvgIpc) is 2.24. The van der Waals surface area contributed by atoms with E-state index in [1.165, 1.54) is 43.4 Å². The monoisotopic (exact) mass is 249 g/mol. The summed E-state index contributed by atoms with van der Waals surface area (Å²) in [5.74, 6) is 2.70. The van der Waals surface area contributed by atoms with E-state index < -0.39 is 7.26 Å². The summed E-state index contributed by atoms with van der Waals surface area (Å²) < 4.78 is 0. The molecule has 0 saturated heterocycles. The highest BCUT2D eigenvalue weighted by Crippen LogP contribution is 2.56. The summed E-state index contributed by atoms with van der Waals surface area (Å²) in [7, 11) is -0.553. The molecule has 0 nitrogen and oxygen atoms in total. The standard InChI is InChI=1S/C13H30PS/c1-5-8-10-14(4,11-9-6-2)12-13-15-7-3/h5-13H2,1-4H3/q+1. The van der Waals surface area contributed by atoms with Crippen LogP contribution in [0.4, 0.5) is 0 Å². The molecule has 0 aromatic heterocycles. The highest BCUT2D eigenvalue weighted by Gasteiger charge is 2.29. The van der Waals surface area contributed by atoms with Crippen LogP contribution in [0, 0.1) is 0 Å². The Morgan fingerprint density at radius 3 is 1.80 bits per heavy atom. The zero-order valence-electron chi connectivity index (χ0n) is 11.2. The molecule has 0 spiro atoms. The molecule has 0 aliphatic heterocycles. The first-order chi connectivity index (χ1) is 7.18. The molecule has 0 atom stereocenters. The van der Waals surface area contributed by atoms with Crippen LogP contribution in [-0.2, 0) is 0 Å². The van der Waals surface area contributed by atoms with E-state index in [0.29, 0.717) is 0 Å². The second kappa shape index (κ2) is 9.97. The molecule has 0 rings (SSSR count). The Morgan fingerprint density at radius 2 is 1.40 bits per heavy atom. The molecule has 0 radical (unpaired) electrons. The van der Waals surface area contributed by atoms with Gasteiger partial charge in [0, 0.05) is 19.7 Å². The van der Waals surface area contributed by atoms with Crippen molar-refractivity contribution in [1.29, 1.82) is 0 Å². The van der Waals surface area contributed by atoms with Crippen LogP contribution in [-0.4, -0.2) is 36.7 Å². The van der Waals surface area contributed by atoms with Gasteiger partial charge in [-0.15, -0.1) is 0 Å². The molecule has 0 N–H and O–H groups in total. The first-order valence-corrected chi connectivity index (χ1v) is 10.5. The van der Waals surface area contributed by atoms with Gasteiger partial charge in [-0.05, 0) is 18.6 Å². The highest BCUT2D eigenvalue weighted by molar-refractivity contribution is 7.99. The van der Waals surface area contributed by atoms with Crippen molar-refractivity contribution in [3.63, 3.8) is 0 Å². The summed E-state index contributed by atoms with van der Waals surface area (Å²) in [5, 5.41) is 0. The molecule has 15 heavy (non-hydrogen) atoms. The molecule has 0 heterocycles. The van der Waals surface area contributed by atoms with Gasteiger partial charge in [-0.3, -0.25) is 0 Å². The van der Waals surface area contributed by atoms with Crippen LogP contribution >= 0.6 is 19.0 Å². The van der Waals surface area contributed by atoms with Crippen molar-refractivity contribution in [2.24, 2.45) is 0 Å². The Morgan fingerprint density at radius 1 is 0.867 bits per heavy atom. The van der Waals surface area contributed by atoms with Gasteiger partial charge >= 0.3 is 0 Å². The first kappa shape index (κ1) is 15.8. The number of hydrogen-bond acceptors (Lipinski definition) is 1. The molecule has 0 aliphatic carbocycles. The summed E-state index contributed by atoms with van der Waals surface area (Å²) in [6.07, 6.45) is 10.3.